The van der Waals surface area contributed by atoms with Crippen molar-refractivity contribution in [1.82, 2.24) is 9.13 Å². The van der Waals surface area contributed by atoms with E-state index in [2.05, 4.69) is 105 Å². The number of nitriles is 1. The van der Waals surface area contributed by atoms with Gasteiger partial charge in [-0.2, -0.15) is 5.26 Å². The van der Waals surface area contributed by atoms with Crippen molar-refractivity contribution in [2.45, 2.75) is 0 Å². The molecule has 0 N–H and O–H groups in total. The first-order valence-electron chi connectivity index (χ1n) is 13.8. The molecule has 0 radical (unpaired) electrons. The highest BCUT2D eigenvalue weighted by Gasteiger charge is 2.16. The molecule has 4 heteroatoms. The monoisotopic (exact) mass is 534 g/mol. The second kappa shape index (κ2) is 9.24. The standard InChI is InChI=1S/C38H22N4/c1-40-28-20-27(22-30(23-28)42-37-16-8-4-12-33(37)34-13-5-9-17-38(34)42)26-18-25(24-39)19-29(21-26)41-35-14-6-2-10-31(35)32-11-3-7-15-36(32)41/h2-23H. The third-order valence-electron chi connectivity index (χ3n) is 8.09. The van der Waals surface area contributed by atoms with Crippen molar-refractivity contribution < 1.29 is 0 Å². The van der Waals surface area contributed by atoms with Crippen molar-refractivity contribution in [3.05, 3.63) is 150 Å². The van der Waals surface area contributed by atoms with Crippen molar-refractivity contribution in [3.8, 4) is 28.6 Å². The van der Waals surface area contributed by atoms with E-state index in [1.807, 2.05) is 48.5 Å². The summed E-state index contributed by atoms with van der Waals surface area (Å²) in [5, 5.41) is 14.8. The Labute approximate surface area is 242 Å². The van der Waals surface area contributed by atoms with Crippen LogP contribution in [0.25, 0.3) is 71.0 Å². The van der Waals surface area contributed by atoms with E-state index in [9.17, 15) is 5.26 Å². The maximum absolute atomic E-state index is 10.1. The molecule has 0 saturated heterocycles. The van der Waals surface area contributed by atoms with Crippen molar-refractivity contribution in [1.29, 1.82) is 5.26 Å². The van der Waals surface area contributed by atoms with E-state index in [1.54, 1.807) is 0 Å². The Morgan fingerprint density at radius 2 is 0.905 bits per heavy atom. The van der Waals surface area contributed by atoms with Crippen LogP contribution in [-0.4, -0.2) is 9.13 Å². The van der Waals surface area contributed by atoms with Gasteiger partial charge in [-0.15, -0.1) is 0 Å². The lowest BCUT2D eigenvalue weighted by molar-refractivity contribution is 1.17. The van der Waals surface area contributed by atoms with Crippen LogP contribution in [0.1, 0.15) is 5.56 Å². The SMILES string of the molecule is [C-]#[N+]c1cc(-c2cc(C#N)cc(-n3c4ccccc4c4ccccc43)c2)cc(-n2c3ccccc3c3ccccc32)c1. The van der Waals surface area contributed by atoms with Gasteiger partial charge in [-0.1, -0.05) is 72.8 Å². The van der Waals surface area contributed by atoms with Gasteiger partial charge < -0.3 is 9.13 Å². The predicted molar refractivity (Wildman–Crippen MR) is 172 cm³/mol. The van der Waals surface area contributed by atoms with Crippen LogP contribution >= 0.6 is 0 Å². The van der Waals surface area contributed by atoms with Crippen molar-refractivity contribution >= 4 is 49.3 Å². The second-order valence-corrected chi connectivity index (χ2v) is 10.5. The summed E-state index contributed by atoms with van der Waals surface area (Å²) in [6.45, 7) is 7.93. The molecule has 0 saturated carbocycles. The van der Waals surface area contributed by atoms with E-state index < -0.39 is 0 Å². The Kier molecular flexibility index (Phi) is 5.22. The third-order valence-corrected chi connectivity index (χ3v) is 8.09. The zero-order valence-corrected chi connectivity index (χ0v) is 22.5. The Balaban J connectivity index is 1.39. The quantitative estimate of drug-likeness (QED) is 0.208. The average Bonchev–Trinajstić information content (AvgIpc) is 3.57. The summed E-state index contributed by atoms with van der Waals surface area (Å²) in [6.07, 6.45) is 0. The van der Waals surface area contributed by atoms with Gasteiger partial charge in [0, 0.05) is 32.9 Å². The number of nitrogens with zero attached hydrogens (tertiary/aromatic N) is 4. The van der Waals surface area contributed by atoms with Crippen LogP contribution in [-0.2, 0) is 0 Å². The van der Waals surface area contributed by atoms with Gasteiger partial charge in [-0.25, -0.2) is 4.85 Å². The van der Waals surface area contributed by atoms with Crippen LogP contribution in [0.3, 0.4) is 0 Å². The van der Waals surface area contributed by atoms with Gasteiger partial charge in [0.1, 0.15) is 0 Å². The molecule has 0 unspecified atom stereocenters. The number of benzene rings is 6. The molecule has 0 amide bonds. The topological polar surface area (TPSA) is 38.0 Å². The maximum atomic E-state index is 10.1. The number of hydrogen-bond donors (Lipinski definition) is 0. The Morgan fingerprint density at radius 3 is 1.33 bits per heavy atom. The molecule has 0 bridgehead atoms. The summed E-state index contributed by atoms with van der Waals surface area (Å²) < 4.78 is 4.45. The summed E-state index contributed by atoms with van der Waals surface area (Å²) in [5.74, 6) is 0. The highest BCUT2D eigenvalue weighted by molar-refractivity contribution is 6.10. The highest BCUT2D eigenvalue weighted by atomic mass is 15.0. The Morgan fingerprint density at radius 1 is 0.500 bits per heavy atom. The fourth-order valence-corrected chi connectivity index (χ4v) is 6.33. The number of aromatic nitrogens is 2. The van der Waals surface area contributed by atoms with Gasteiger partial charge in [0.25, 0.3) is 0 Å². The molecular weight excluding hydrogens is 512 g/mol. The van der Waals surface area contributed by atoms with Crippen molar-refractivity contribution in [3.63, 3.8) is 0 Å². The molecule has 0 atom stereocenters. The van der Waals surface area contributed by atoms with Crippen LogP contribution in [0, 0.1) is 17.9 Å². The van der Waals surface area contributed by atoms with Gasteiger partial charge in [0.15, 0.2) is 5.69 Å². The number of hydrogen-bond acceptors (Lipinski definition) is 1. The Bertz CT molecular complexity index is 2160. The van der Waals surface area contributed by atoms with E-state index in [1.165, 1.54) is 21.5 Å². The van der Waals surface area contributed by atoms with Crippen molar-refractivity contribution in [2.24, 2.45) is 0 Å². The normalized spacial score (nSPS) is 11.3. The molecule has 0 aliphatic rings. The minimum absolute atomic E-state index is 0.546. The van der Waals surface area contributed by atoms with Crippen LogP contribution in [0.2, 0.25) is 0 Å². The molecule has 0 spiro atoms. The molecule has 42 heavy (non-hydrogen) atoms. The molecule has 4 nitrogen and oxygen atoms in total. The zero-order chi connectivity index (χ0) is 28.2. The second-order valence-electron chi connectivity index (χ2n) is 10.5. The number of rotatable bonds is 3. The summed E-state index contributed by atoms with van der Waals surface area (Å²) in [7, 11) is 0. The zero-order valence-electron chi connectivity index (χ0n) is 22.5. The lowest BCUT2D eigenvalue weighted by atomic mass is 10.0. The molecule has 194 valence electrons. The number of para-hydroxylation sites is 4. The molecule has 8 aromatic rings. The van der Waals surface area contributed by atoms with E-state index >= 15 is 0 Å². The fraction of sp³-hybridized carbons (Fsp3) is 0. The van der Waals surface area contributed by atoms with Crippen LogP contribution in [0.15, 0.2) is 133 Å². The molecule has 8 rings (SSSR count). The van der Waals surface area contributed by atoms with Gasteiger partial charge in [-0.3, -0.25) is 0 Å². The van der Waals surface area contributed by atoms with Crippen LogP contribution < -0.4 is 0 Å². The van der Waals surface area contributed by atoms with Gasteiger partial charge in [0.05, 0.1) is 40.3 Å². The lowest BCUT2D eigenvalue weighted by Crippen LogP contribution is -1.97. The van der Waals surface area contributed by atoms with Crippen LogP contribution in [0.5, 0.6) is 0 Å². The highest BCUT2D eigenvalue weighted by Crippen LogP contribution is 2.37. The van der Waals surface area contributed by atoms with Crippen LogP contribution in [0.4, 0.5) is 5.69 Å². The van der Waals surface area contributed by atoms with E-state index in [0.29, 0.717) is 11.3 Å². The predicted octanol–water partition coefficient (Wildman–Crippen LogP) is 9.97. The molecule has 6 aromatic carbocycles. The first-order valence-corrected chi connectivity index (χ1v) is 13.8. The summed E-state index contributed by atoms with van der Waals surface area (Å²) >= 11 is 0. The van der Waals surface area contributed by atoms with Crippen molar-refractivity contribution in [2.75, 3.05) is 0 Å². The smallest absolute Gasteiger partial charge is 0.189 e. The molecular formula is C38H22N4. The van der Waals surface area contributed by atoms with Gasteiger partial charge in [0.2, 0.25) is 0 Å². The van der Waals surface area contributed by atoms with Gasteiger partial charge >= 0.3 is 0 Å². The third kappa shape index (κ3) is 3.53. The van der Waals surface area contributed by atoms with Gasteiger partial charge in [-0.05, 0) is 71.8 Å². The Hall–Kier alpha value is -6.10. The molecule has 0 aliphatic heterocycles. The largest absolute Gasteiger partial charge is 0.310 e. The molecule has 0 fully saturated rings. The molecule has 0 aliphatic carbocycles. The van der Waals surface area contributed by atoms with E-state index in [0.717, 1.165) is 44.6 Å². The van der Waals surface area contributed by atoms with E-state index in [4.69, 9.17) is 6.57 Å². The minimum atomic E-state index is 0.546. The lowest BCUT2D eigenvalue weighted by Gasteiger charge is -2.14. The fourth-order valence-electron chi connectivity index (χ4n) is 6.33. The summed E-state index contributed by atoms with van der Waals surface area (Å²) in [6, 6.07) is 47.8. The summed E-state index contributed by atoms with van der Waals surface area (Å²) in [5.41, 5.74) is 9.05. The average molecular weight is 535 g/mol. The molecule has 2 heterocycles. The first-order chi connectivity index (χ1) is 20.7. The molecule has 2 aromatic heterocycles. The van der Waals surface area contributed by atoms with E-state index in [-0.39, 0.29) is 0 Å². The first kappa shape index (κ1) is 23.8. The minimum Gasteiger partial charge on any atom is -0.310 e. The maximum Gasteiger partial charge on any atom is 0.189 e. The number of fused-ring (bicyclic) bond motifs is 6. The summed E-state index contributed by atoms with van der Waals surface area (Å²) in [4.78, 5) is 3.85.